The van der Waals surface area contributed by atoms with Crippen LogP contribution in [-0.4, -0.2) is 6.29 Å². The number of hydrogen-bond donors (Lipinski definition) is 0. The summed E-state index contributed by atoms with van der Waals surface area (Å²) in [6.45, 7) is 0. The SMILES string of the molecule is O=CC(Cc1cccs1)c1ccc(F)cc1. The Morgan fingerprint density at radius 1 is 1.25 bits per heavy atom. The van der Waals surface area contributed by atoms with Gasteiger partial charge in [-0.25, -0.2) is 4.39 Å². The summed E-state index contributed by atoms with van der Waals surface area (Å²) in [4.78, 5) is 12.2. The van der Waals surface area contributed by atoms with Crippen molar-refractivity contribution in [2.45, 2.75) is 12.3 Å². The largest absolute Gasteiger partial charge is 0.303 e. The molecule has 3 heteroatoms. The second-order valence-electron chi connectivity index (χ2n) is 3.58. The fourth-order valence-corrected chi connectivity index (χ4v) is 2.36. The van der Waals surface area contributed by atoms with Crippen LogP contribution in [0.5, 0.6) is 0 Å². The van der Waals surface area contributed by atoms with E-state index in [1.165, 1.54) is 17.0 Å². The Kier molecular flexibility index (Phi) is 3.47. The van der Waals surface area contributed by atoms with Crippen molar-refractivity contribution in [1.29, 1.82) is 0 Å². The molecule has 1 nitrogen and oxygen atoms in total. The highest BCUT2D eigenvalue weighted by molar-refractivity contribution is 7.09. The standard InChI is InChI=1S/C13H11FOS/c14-12-5-3-10(4-6-12)11(9-15)8-13-2-1-7-16-13/h1-7,9,11H,8H2. The van der Waals surface area contributed by atoms with E-state index in [1.54, 1.807) is 23.5 Å². The van der Waals surface area contributed by atoms with Crippen LogP contribution < -0.4 is 0 Å². The highest BCUT2D eigenvalue weighted by atomic mass is 32.1. The van der Waals surface area contributed by atoms with Crippen molar-refractivity contribution in [3.8, 4) is 0 Å². The number of aldehydes is 1. The molecular weight excluding hydrogens is 223 g/mol. The molecule has 1 aromatic carbocycles. The third-order valence-electron chi connectivity index (χ3n) is 2.46. The predicted molar refractivity (Wildman–Crippen MR) is 63.2 cm³/mol. The number of hydrogen-bond acceptors (Lipinski definition) is 2. The van der Waals surface area contributed by atoms with Crippen molar-refractivity contribution >= 4 is 17.6 Å². The molecular formula is C13H11FOS. The summed E-state index contributed by atoms with van der Waals surface area (Å²) >= 11 is 1.63. The first-order chi connectivity index (χ1) is 7.79. The highest BCUT2D eigenvalue weighted by Gasteiger charge is 2.11. The maximum Gasteiger partial charge on any atom is 0.127 e. The van der Waals surface area contributed by atoms with Crippen LogP contribution in [0.1, 0.15) is 16.4 Å². The molecule has 0 fully saturated rings. The molecule has 0 aliphatic heterocycles. The summed E-state index contributed by atoms with van der Waals surface area (Å²) in [6.07, 6.45) is 1.61. The van der Waals surface area contributed by atoms with Gasteiger partial charge in [0.1, 0.15) is 12.1 Å². The van der Waals surface area contributed by atoms with Crippen LogP contribution in [-0.2, 0) is 11.2 Å². The number of carbonyl (C=O) groups is 1. The summed E-state index contributed by atoms with van der Waals surface area (Å²) in [5.74, 6) is -0.455. The van der Waals surface area contributed by atoms with Crippen molar-refractivity contribution in [2.75, 3.05) is 0 Å². The Bertz CT molecular complexity index is 447. The van der Waals surface area contributed by atoms with Crippen molar-refractivity contribution < 1.29 is 9.18 Å². The zero-order chi connectivity index (χ0) is 11.4. The number of halogens is 1. The Labute approximate surface area is 97.6 Å². The molecule has 0 spiro atoms. The zero-order valence-corrected chi connectivity index (χ0v) is 9.41. The smallest absolute Gasteiger partial charge is 0.127 e. The van der Waals surface area contributed by atoms with Gasteiger partial charge in [0.15, 0.2) is 0 Å². The van der Waals surface area contributed by atoms with Crippen LogP contribution in [0.2, 0.25) is 0 Å². The van der Waals surface area contributed by atoms with E-state index in [9.17, 15) is 9.18 Å². The molecule has 0 saturated heterocycles. The summed E-state index contributed by atoms with van der Waals surface area (Å²) < 4.78 is 12.7. The van der Waals surface area contributed by atoms with E-state index in [4.69, 9.17) is 0 Å². The molecule has 0 bridgehead atoms. The normalized spacial score (nSPS) is 12.3. The van der Waals surface area contributed by atoms with E-state index in [0.717, 1.165) is 11.8 Å². The first kappa shape index (κ1) is 11.0. The molecule has 1 unspecified atom stereocenters. The minimum Gasteiger partial charge on any atom is -0.303 e. The zero-order valence-electron chi connectivity index (χ0n) is 8.60. The van der Waals surface area contributed by atoms with Gasteiger partial charge in [0.25, 0.3) is 0 Å². The summed E-state index contributed by atoms with van der Waals surface area (Å²) in [7, 11) is 0. The second-order valence-corrected chi connectivity index (χ2v) is 4.61. The van der Waals surface area contributed by atoms with Crippen molar-refractivity contribution in [2.24, 2.45) is 0 Å². The van der Waals surface area contributed by atoms with Gasteiger partial charge in [0, 0.05) is 10.8 Å². The van der Waals surface area contributed by atoms with Crippen LogP contribution in [0.25, 0.3) is 0 Å². The average Bonchev–Trinajstić information content (AvgIpc) is 2.80. The van der Waals surface area contributed by atoms with Crippen molar-refractivity contribution in [3.05, 3.63) is 58.0 Å². The van der Waals surface area contributed by atoms with E-state index < -0.39 is 0 Å². The lowest BCUT2D eigenvalue weighted by Gasteiger charge is -2.08. The topological polar surface area (TPSA) is 17.1 Å². The molecule has 1 atom stereocenters. The van der Waals surface area contributed by atoms with Gasteiger partial charge >= 0.3 is 0 Å². The molecule has 82 valence electrons. The second kappa shape index (κ2) is 5.03. The Morgan fingerprint density at radius 3 is 2.56 bits per heavy atom. The Morgan fingerprint density at radius 2 is 2.00 bits per heavy atom. The van der Waals surface area contributed by atoms with Gasteiger partial charge in [-0.3, -0.25) is 0 Å². The lowest BCUT2D eigenvalue weighted by Crippen LogP contribution is -2.03. The molecule has 2 rings (SSSR count). The van der Waals surface area contributed by atoms with E-state index in [0.29, 0.717) is 6.42 Å². The van der Waals surface area contributed by atoms with Gasteiger partial charge < -0.3 is 4.79 Å². The monoisotopic (exact) mass is 234 g/mol. The van der Waals surface area contributed by atoms with Crippen LogP contribution in [0, 0.1) is 5.82 Å². The number of benzene rings is 1. The lowest BCUT2D eigenvalue weighted by atomic mass is 9.96. The first-order valence-electron chi connectivity index (χ1n) is 5.03. The minimum atomic E-state index is -0.274. The molecule has 0 saturated carbocycles. The van der Waals surface area contributed by atoms with Gasteiger partial charge in [0.05, 0.1) is 0 Å². The molecule has 0 amide bonds. The molecule has 2 aromatic rings. The van der Waals surface area contributed by atoms with Gasteiger partial charge in [-0.05, 0) is 35.6 Å². The molecule has 0 aliphatic rings. The Balaban J connectivity index is 2.16. The van der Waals surface area contributed by atoms with Gasteiger partial charge in [-0.2, -0.15) is 0 Å². The molecule has 16 heavy (non-hydrogen) atoms. The highest BCUT2D eigenvalue weighted by Crippen LogP contribution is 2.21. The predicted octanol–water partition coefficient (Wildman–Crippen LogP) is 3.41. The number of carbonyl (C=O) groups excluding carboxylic acids is 1. The van der Waals surface area contributed by atoms with Crippen LogP contribution in [0.15, 0.2) is 41.8 Å². The van der Waals surface area contributed by atoms with E-state index in [2.05, 4.69) is 0 Å². The van der Waals surface area contributed by atoms with E-state index in [1.807, 2.05) is 17.5 Å². The van der Waals surface area contributed by atoms with Gasteiger partial charge in [0.2, 0.25) is 0 Å². The van der Waals surface area contributed by atoms with Crippen LogP contribution in [0.4, 0.5) is 4.39 Å². The third kappa shape index (κ3) is 2.55. The summed E-state index contributed by atoms with van der Waals surface area (Å²) in [6, 6.07) is 10.1. The van der Waals surface area contributed by atoms with Crippen LogP contribution >= 0.6 is 11.3 Å². The average molecular weight is 234 g/mol. The Hall–Kier alpha value is -1.48. The minimum absolute atomic E-state index is 0.181. The molecule has 0 N–H and O–H groups in total. The molecule has 1 aromatic heterocycles. The van der Waals surface area contributed by atoms with Gasteiger partial charge in [-0.1, -0.05) is 18.2 Å². The van der Waals surface area contributed by atoms with E-state index in [-0.39, 0.29) is 11.7 Å². The van der Waals surface area contributed by atoms with Crippen molar-refractivity contribution in [1.82, 2.24) is 0 Å². The molecule has 1 heterocycles. The van der Waals surface area contributed by atoms with Gasteiger partial charge in [-0.15, -0.1) is 11.3 Å². The third-order valence-corrected chi connectivity index (χ3v) is 3.36. The maximum absolute atomic E-state index is 12.7. The quantitative estimate of drug-likeness (QED) is 0.741. The fourth-order valence-electron chi connectivity index (χ4n) is 1.60. The van der Waals surface area contributed by atoms with Crippen LogP contribution in [0.3, 0.4) is 0 Å². The summed E-state index contributed by atoms with van der Waals surface area (Å²) in [5.41, 5.74) is 0.866. The number of rotatable bonds is 4. The summed E-state index contributed by atoms with van der Waals surface area (Å²) in [5, 5.41) is 1.99. The fraction of sp³-hybridized carbons (Fsp3) is 0.154. The number of thiophene rings is 1. The molecule has 0 radical (unpaired) electrons. The van der Waals surface area contributed by atoms with Crippen molar-refractivity contribution in [3.63, 3.8) is 0 Å². The maximum atomic E-state index is 12.7. The van der Waals surface area contributed by atoms with E-state index >= 15 is 0 Å². The molecule has 0 aliphatic carbocycles. The lowest BCUT2D eigenvalue weighted by molar-refractivity contribution is -0.109. The first-order valence-corrected chi connectivity index (χ1v) is 5.90.